The maximum absolute atomic E-state index is 3.87. The van der Waals surface area contributed by atoms with E-state index in [1.54, 1.807) is 0 Å². The molecule has 0 aliphatic rings. The fourth-order valence-corrected chi connectivity index (χ4v) is 1.28. The highest BCUT2D eigenvalue weighted by molar-refractivity contribution is 5.44. The van der Waals surface area contributed by atoms with E-state index in [9.17, 15) is 0 Å². The summed E-state index contributed by atoms with van der Waals surface area (Å²) in [6.07, 6.45) is 0.768. The van der Waals surface area contributed by atoms with E-state index in [1.165, 1.54) is 5.56 Å². The van der Waals surface area contributed by atoms with Gasteiger partial charge in [-0.1, -0.05) is 22.9 Å². The van der Waals surface area contributed by atoms with Gasteiger partial charge in [-0.05, 0) is 19.1 Å². The summed E-state index contributed by atoms with van der Waals surface area (Å²) in [5.41, 5.74) is 2.38. The van der Waals surface area contributed by atoms with Crippen molar-refractivity contribution in [2.24, 2.45) is 0 Å². The molecule has 0 saturated carbocycles. The molecule has 2 rings (SSSR count). The lowest BCUT2D eigenvalue weighted by atomic mass is 10.2. The molecule has 0 aliphatic carbocycles. The molecule has 0 bridgehead atoms. The largest absolute Gasteiger partial charge is 0.385 e. The molecular weight excluding hydrogens is 190 g/mol. The Morgan fingerprint density at radius 3 is 2.73 bits per heavy atom. The van der Waals surface area contributed by atoms with Crippen molar-refractivity contribution in [3.8, 4) is 0 Å². The molecule has 0 radical (unpaired) electrons. The summed E-state index contributed by atoms with van der Waals surface area (Å²) < 4.78 is 0. The van der Waals surface area contributed by atoms with Crippen LogP contribution >= 0.6 is 0 Å². The minimum absolute atomic E-state index is 0.731. The van der Waals surface area contributed by atoms with Crippen LogP contribution in [-0.2, 0) is 6.42 Å². The number of anilines is 1. The van der Waals surface area contributed by atoms with Crippen LogP contribution in [0.5, 0.6) is 0 Å². The lowest BCUT2D eigenvalue weighted by Gasteiger charge is -2.04. The fourth-order valence-electron chi connectivity index (χ4n) is 1.28. The van der Waals surface area contributed by atoms with Crippen molar-refractivity contribution in [2.45, 2.75) is 13.3 Å². The first-order valence-corrected chi connectivity index (χ1v) is 4.87. The van der Waals surface area contributed by atoms with Crippen LogP contribution in [0.1, 0.15) is 11.4 Å². The molecular formula is C10H13N5. The molecule has 15 heavy (non-hydrogen) atoms. The lowest BCUT2D eigenvalue weighted by molar-refractivity contribution is 0.881. The summed E-state index contributed by atoms with van der Waals surface area (Å²) in [5.74, 6) is 0.731. The Kier molecular flexibility index (Phi) is 2.92. The summed E-state index contributed by atoms with van der Waals surface area (Å²) in [7, 11) is 0. The SMILES string of the molecule is Cc1ccc(NCCc2nn[nH]n2)cc1. The van der Waals surface area contributed by atoms with Crippen LogP contribution in [0.3, 0.4) is 0 Å². The average molecular weight is 203 g/mol. The Bertz CT molecular complexity index is 392. The Morgan fingerprint density at radius 2 is 2.07 bits per heavy atom. The Balaban J connectivity index is 1.81. The molecule has 78 valence electrons. The number of hydrogen-bond donors (Lipinski definition) is 2. The predicted octanol–water partition coefficient (Wildman–Crippen LogP) is 1.16. The van der Waals surface area contributed by atoms with Gasteiger partial charge >= 0.3 is 0 Å². The highest BCUT2D eigenvalue weighted by Gasteiger charge is 1.97. The highest BCUT2D eigenvalue weighted by atomic mass is 15.5. The third-order valence-electron chi connectivity index (χ3n) is 2.12. The molecule has 1 aromatic heterocycles. The first-order chi connectivity index (χ1) is 7.34. The van der Waals surface area contributed by atoms with Crippen molar-refractivity contribution >= 4 is 5.69 Å². The minimum Gasteiger partial charge on any atom is -0.385 e. The number of aryl methyl sites for hydroxylation is 1. The van der Waals surface area contributed by atoms with Crippen LogP contribution in [0.4, 0.5) is 5.69 Å². The number of benzene rings is 1. The second-order valence-corrected chi connectivity index (χ2v) is 3.37. The Hall–Kier alpha value is -1.91. The second-order valence-electron chi connectivity index (χ2n) is 3.37. The summed E-state index contributed by atoms with van der Waals surface area (Å²) >= 11 is 0. The van der Waals surface area contributed by atoms with Gasteiger partial charge in [-0.3, -0.25) is 0 Å². The van der Waals surface area contributed by atoms with Gasteiger partial charge in [0.2, 0.25) is 0 Å². The topological polar surface area (TPSA) is 66.5 Å². The maximum atomic E-state index is 3.87. The average Bonchev–Trinajstić information content (AvgIpc) is 2.74. The van der Waals surface area contributed by atoms with Gasteiger partial charge in [0, 0.05) is 18.7 Å². The zero-order chi connectivity index (χ0) is 10.5. The number of H-pyrrole nitrogens is 1. The van der Waals surface area contributed by atoms with E-state index in [2.05, 4.69) is 57.1 Å². The molecule has 2 aromatic rings. The Labute approximate surface area is 87.9 Å². The van der Waals surface area contributed by atoms with E-state index < -0.39 is 0 Å². The molecule has 0 unspecified atom stereocenters. The molecule has 1 heterocycles. The molecule has 1 aromatic carbocycles. The third kappa shape index (κ3) is 2.77. The molecule has 0 amide bonds. The van der Waals surface area contributed by atoms with Gasteiger partial charge in [-0.2, -0.15) is 5.21 Å². The molecule has 0 aliphatic heterocycles. The summed E-state index contributed by atoms with van der Waals surface area (Å²) in [5, 5.41) is 17.0. The lowest BCUT2D eigenvalue weighted by Crippen LogP contribution is -2.05. The van der Waals surface area contributed by atoms with Crippen molar-refractivity contribution in [3.05, 3.63) is 35.7 Å². The van der Waals surface area contributed by atoms with Crippen molar-refractivity contribution < 1.29 is 0 Å². The van der Waals surface area contributed by atoms with Crippen LogP contribution in [0.25, 0.3) is 0 Å². The smallest absolute Gasteiger partial charge is 0.176 e. The molecule has 0 spiro atoms. The van der Waals surface area contributed by atoms with Gasteiger partial charge in [0.25, 0.3) is 0 Å². The Morgan fingerprint density at radius 1 is 1.27 bits per heavy atom. The van der Waals surface area contributed by atoms with Crippen molar-refractivity contribution in [2.75, 3.05) is 11.9 Å². The van der Waals surface area contributed by atoms with E-state index in [0.29, 0.717) is 0 Å². The number of aromatic nitrogens is 4. The van der Waals surface area contributed by atoms with Crippen molar-refractivity contribution in [1.82, 2.24) is 20.6 Å². The van der Waals surface area contributed by atoms with Gasteiger partial charge in [0.1, 0.15) is 0 Å². The number of tetrazole rings is 1. The highest BCUT2D eigenvalue weighted by Crippen LogP contribution is 2.07. The maximum Gasteiger partial charge on any atom is 0.176 e. The van der Waals surface area contributed by atoms with Crippen molar-refractivity contribution in [1.29, 1.82) is 0 Å². The first kappa shape index (κ1) is 9.64. The molecule has 5 heteroatoms. The summed E-state index contributed by atoms with van der Waals surface area (Å²) in [6, 6.07) is 8.28. The molecule has 5 nitrogen and oxygen atoms in total. The van der Waals surface area contributed by atoms with Crippen LogP contribution in [0.2, 0.25) is 0 Å². The van der Waals surface area contributed by atoms with E-state index >= 15 is 0 Å². The van der Waals surface area contributed by atoms with Gasteiger partial charge in [-0.25, -0.2) is 0 Å². The zero-order valence-corrected chi connectivity index (χ0v) is 8.57. The van der Waals surface area contributed by atoms with E-state index in [-0.39, 0.29) is 0 Å². The van der Waals surface area contributed by atoms with Crippen LogP contribution < -0.4 is 5.32 Å². The third-order valence-corrected chi connectivity index (χ3v) is 2.12. The molecule has 0 saturated heterocycles. The predicted molar refractivity (Wildman–Crippen MR) is 57.6 cm³/mol. The second kappa shape index (κ2) is 4.54. The van der Waals surface area contributed by atoms with Gasteiger partial charge in [0.15, 0.2) is 5.82 Å². The van der Waals surface area contributed by atoms with E-state index in [0.717, 1.165) is 24.5 Å². The number of rotatable bonds is 4. The molecule has 0 fully saturated rings. The quantitative estimate of drug-likeness (QED) is 0.782. The normalized spacial score (nSPS) is 10.2. The van der Waals surface area contributed by atoms with Gasteiger partial charge in [0.05, 0.1) is 0 Å². The first-order valence-electron chi connectivity index (χ1n) is 4.87. The number of aromatic amines is 1. The fraction of sp³-hybridized carbons (Fsp3) is 0.300. The van der Waals surface area contributed by atoms with Crippen LogP contribution in [0, 0.1) is 6.92 Å². The van der Waals surface area contributed by atoms with Crippen LogP contribution in [0.15, 0.2) is 24.3 Å². The number of nitrogens with one attached hydrogen (secondary N) is 2. The summed E-state index contributed by atoms with van der Waals surface area (Å²) in [4.78, 5) is 0. The van der Waals surface area contributed by atoms with E-state index in [1.807, 2.05) is 0 Å². The molecule has 0 atom stereocenters. The standard InChI is InChI=1S/C10H13N5/c1-8-2-4-9(5-3-8)11-7-6-10-12-14-15-13-10/h2-5,11H,6-7H2,1H3,(H,12,13,14,15). The number of hydrogen-bond acceptors (Lipinski definition) is 4. The summed E-state index contributed by atoms with van der Waals surface area (Å²) in [6.45, 7) is 2.88. The monoisotopic (exact) mass is 203 g/mol. The number of nitrogens with zero attached hydrogens (tertiary/aromatic N) is 3. The van der Waals surface area contributed by atoms with Gasteiger partial charge in [-0.15, -0.1) is 10.2 Å². The van der Waals surface area contributed by atoms with E-state index in [4.69, 9.17) is 0 Å². The minimum atomic E-state index is 0.731. The van der Waals surface area contributed by atoms with Gasteiger partial charge < -0.3 is 5.32 Å². The molecule has 2 N–H and O–H groups in total. The van der Waals surface area contributed by atoms with Crippen LogP contribution in [-0.4, -0.2) is 27.2 Å². The zero-order valence-electron chi connectivity index (χ0n) is 8.57. The van der Waals surface area contributed by atoms with Crippen molar-refractivity contribution in [3.63, 3.8) is 0 Å².